The van der Waals surface area contributed by atoms with E-state index in [0.29, 0.717) is 0 Å². The Morgan fingerprint density at radius 3 is 2.72 bits per heavy atom. The van der Waals surface area contributed by atoms with Crippen molar-refractivity contribution in [1.29, 1.82) is 5.26 Å². The van der Waals surface area contributed by atoms with Gasteiger partial charge in [-0.1, -0.05) is 6.07 Å². The first-order valence-electron chi connectivity index (χ1n) is 8.55. The lowest BCUT2D eigenvalue weighted by Gasteiger charge is -2.13. The number of halogens is 3. The van der Waals surface area contributed by atoms with Gasteiger partial charge in [-0.3, -0.25) is 4.98 Å². The maximum Gasteiger partial charge on any atom is 0.433 e. The monoisotopic (exact) mass is 404 g/mol. The van der Waals surface area contributed by atoms with Crippen LogP contribution in [0, 0.1) is 18.3 Å². The van der Waals surface area contributed by atoms with Crippen LogP contribution in [-0.2, 0) is 17.5 Å². The predicted molar refractivity (Wildman–Crippen MR) is 95.2 cm³/mol. The molecule has 3 rings (SSSR count). The molecule has 0 aliphatic rings. The molecule has 1 aromatic carbocycles. The van der Waals surface area contributed by atoms with Gasteiger partial charge in [-0.2, -0.15) is 18.4 Å². The van der Waals surface area contributed by atoms with Crippen LogP contribution in [0.25, 0.3) is 11.0 Å². The van der Waals surface area contributed by atoms with Crippen LogP contribution in [0.2, 0.25) is 0 Å². The van der Waals surface area contributed by atoms with E-state index >= 15 is 0 Å². The van der Waals surface area contributed by atoms with Crippen molar-refractivity contribution in [3.05, 3.63) is 58.6 Å². The van der Waals surface area contributed by atoms with Crippen LogP contribution >= 0.6 is 0 Å². The molecule has 0 aliphatic carbocycles. The van der Waals surface area contributed by atoms with Crippen molar-refractivity contribution < 1.29 is 31.9 Å². The maximum absolute atomic E-state index is 13.1. The number of nitriles is 1. The van der Waals surface area contributed by atoms with E-state index in [0.717, 1.165) is 6.20 Å². The Labute approximate surface area is 163 Å². The van der Waals surface area contributed by atoms with Crippen molar-refractivity contribution in [1.82, 2.24) is 4.98 Å². The number of pyridine rings is 1. The number of hydrogen-bond donors (Lipinski definition) is 0. The number of aromatic nitrogens is 1. The zero-order chi connectivity index (χ0) is 21.2. The lowest BCUT2D eigenvalue weighted by Crippen LogP contribution is -2.13. The standard InChI is InChI=1S/C20H15F3N2O4/c1-3-27-19(26)16-11(2)29-15-7-6-14(13(9-24)17(15)16)28-10-12-5-4-8-25-18(12)20(21,22)23/h4-8H,3,10H2,1-2H3. The third kappa shape index (κ3) is 3.87. The van der Waals surface area contributed by atoms with Gasteiger partial charge in [0.05, 0.1) is 12.0 Å². The third-order valence-electron chi connectivity index (χ3n) is 4.13. The normalized spacial score (nSPS) is 11.3. The Hall–Kier alpha value is -3.54. The van der Waals surface area contributed by atoms with Gasteiger partial charge in [0.1, 0.15) is 40.9 Å². The number of alkyl halides is 3. The van der Waals surface area contributed by atoms with E-state index in [1.54, 1.807) is 13.8 Å². The highest BCUT2D eigenvalue weighted by molar-refractivity contribution is 6.07. The largest absolute Gasteiger partial charge is 0.487 e. The first-order valence-corrected chi connectivity index (χ1v) is 8.55. The van der Waals surface area contributed by atoms with Crippen molar-refractivity contribution in [3.63, 3.8) is 0 Å². The SMILES string of the molecule is CCOC(=O)c1c(C)oc2ccc(OCc3cccnc3C(F)(F)F)c(C#N)c12. The topological polar surface area (TPSA) is 85.3 Å². The van der Waals surface area contributed by atoms with Gasteiger partial charge >= 0.3 is 12.1 Å². The molecular formula is C20H15F3N2O4. The lowest BCUT2D eigenvalue weighted by atomic mass is 10.0. The van der Waals surface area contributed by atoms with Gasteiger partial charge in [0.25, 0.3) is 0 Å². The summed E-state index contributed by atoms with van der Waals surface area (Å²) >= 11 is 0. The fraction of sp³-hybridized carbons (Fsp3) is 0.250. The summed E-state index contributed by atoms with van der Waals surface area (Å²) < 4.78 is 55.4. The Morgan fingerprint density at radius 1 is 1.31 bits per heavy atom. The van der Waals surface area contributed by atoms with Crippen LogP contribution in [-0.4, -0.2) is 17.6 Å². The minimum atomic E-state index is -4.64. The van der Waals surface area contributed by atoms with Crippen LogP contribution < -0.4 is 4.74 Å². The van der Waals surface area contributed by atoms with Gasteiger partial charge < -0.3 is 13.9 Å². The number of fused-ring (bicyclic) bond motifs is 1. The zero-order valence-corrected chi connectivity index (χ0v) is 15.5. The molecule has 0 saturated heterocycles. The second-order valence-electron chi connectivity index (χ2n) is 5.97. The average Bonchev–Trinajstić information content (AvgIpc) is 3.01. The maximum atomic E-state index is 13.1. The first kappa shape index (κ1) is 20.2. The van der Waals surface area contributed by atoms with Gasteiger partial charge in [0.15, 0.2) is 5.69 Å². The second kappa shape index (κ2) is 7.83. The Bertz CT molecular complexity index is 1110. The van der Waals surface area contributed by atoms with Crippen molar-refractivity contribution >= 4 is 16.9 Å². The van der Waals surface area contributed by atoms with Gasteiger partial charge in [0, 0.05) is 11.8 Å². The molecule has 2 aromatic heterocycles. The molecule has 0 atom stereocenters. The highest BCUT2D eigenvalue weighted by atomic mass is 19.4. The number of carbonyl (C=O) groups is 1. The first-order chi connectivity index (χ1) is 13.8. The molecule has 0 saturated carbocycles. The smallest absolute Gasteiger partial charge is 0.433 e. The molecule has 150 valence electrons. The number of hydrogen-bond acceptors (Lipinski definition) is 6. The summed E-state index contributed by atoms with van der Waals surface area (Å²) in [6, 6.07) is 7.43. The van der Waals surface area contributed by atoms with Crippen LogP contribution in [0.4, 0.5) is 13.2 Å². The number of aryl methyl sites for hydroxylation is 1. The summed E-state index contributed by atoms with van der Waals surface area (Å²) in [5.41, 5.74) is -0.920. The second-order valence-corrected chi connectivity index (χ2v) is 5.97. The molecule has 0 fully saturated rings. The molecule has 2 heterocycles. The number of furan rings is 1. The van der Waals surface area contributed by atoms with Crippen LogP contribution in [0.15, 0.2) is 34.9 Å². The van der Waals surface area contributed by atoms with Crippen molar-refractivity contribution in [2.75, 3.05) is 6.61 Å². The van der Waals surface area contributed by atoms with Crippen LogP contribution in [0.3, 0.4) is 0 Å². The summed E-state index contributed by atoms with van der Waals surface area (Å²) in [4.78, 5) is 15.7. The summed E-state index contributed by atoms with van der Waals surface area (Å²) in [6.07, 6.45) is -3.60. The number of esters is 1. The minimum Gasteiger partial charge on any atom is -0.487 e. The van der Waals surface area contributed by atoms with E-state index in [-0.39, 0.29) is 45.8 Å². The third-order valence-corrected chi connectivity index (χ3v) is 4.13. The number of nitrogens with zero attached hydrogens (tertiary/aromatic N) is 2. The number of ether oxygens (including phenoxy) is 2. The fourth-order valence-electron chi connectivity index (χ4n) is 2.94. The Kier molecular flexibility index (Phi) is 5.46. The predicted octanol–water partition coefficient (Wildman–Crippen LogP) is 4.78. The highest BCUT2D eigenvalue weighted by Crippen LogP contribution is 2.35. The van der Waals surface area contributed by atoms with E-state index in [1.807, 2.05) is 6.07 Å². The molecule has 0 unspecified atom stereocenters. The summed E-state index contributed by atoms with van der Waals surface area (Å²) in [5, 5.41) is 9.82. The highest BCUT2D eigenvalue weighted by Gasteiger charge is 2.35. The fourth-order valence-corrected chi connectivity index (χ4v) is 2.94. The minimum absolute atomic E-state index is 0.0170. The molecule has 0 N–H and O–H groups in total. The number of rotatable bonds is 5. The molecular weight excluding hydrogens is 389 g/mol. The average molecular weight is 404 g/mol. The van der Waals surface area contributed by atoms with E-state index in [2.05, 4.69) is 4.98 Å². The van der Waals surface area contributed by atoms with Crippen molar-refractivity contribution in [3.8, 4) is 11.8 Å². The lowest BCUT2D eigenvalue weighted by molar-refractivity contribution is -0.142. The summed E-state index contributed by atoms with van der Waals surface area (Å²) in [7, 11) is 0. The summed E-state index contributed by atoms with van der Waals surface area (Å²) in [5.74, 6) is -0.383. The molecule has 3 aromatic rings. The molecule has 0 amide bonds. The van der Waals surface area contributed by atoms with E-state index in [1.165, 1.54) is 24.3 Å². The Balaban J connectivity index is 2.03. The number of carbonyl (C=O) groups excluding carboxylic acids is 1. The number of benzene rings is 1. The van der Waals surface area contributed by atoms with Gasteiger partial charge in [-0.05, 0) is 32.0 Å². The van der Waals surface area contributed by atoms with Crippen molar-refractivity contribution in [2.24, 2.45) is 0 Å². The zero-order valence-electron chi connectivity index (χ0n) is 15.5. The molecule has 9 heteroatoms. The van der Waals surface area contributed by atoms with Crippen molar-refractivity contribution in [2.45, 2.75) is 26.6 Å². The van der Waals surface area contributed by atoms with E-state index in [9.17, 15) is 23.2 Å². The molecule has 0 bridgehead atoms. The van der Waals surface area contributed by atoms with Gasteiger partial charge in [-0.25, -0.2) is 4.79 Å². The van der Waals surface area contributed by atoms with E-state index < -0.39 is 24.4 Å². The Morgan fingerprint density at radius 2 is 2.07 bits per heavy atom. The molecule has 6 nitrogen and oxygen atoms in total. The molecule has 0 aliphatic heterocycles. The molecule has 0 spiro atoms. The van der Waals surface area contributed by atoms with Crippen LogP contribution in [0.5, 0.6) is 5.75 Å². The van der Waals surface area contributed by atoms with Crippen LogP contribution in [0.1, 0.15) is 39.9 Å². The van der Waals surface area contributed by atoms with Gasteiger partial charge in [-0.15, -0.1) is 0 Å². The molecule has 0 radical (unpaired) electrons. The van der Waals surface area contributed by atoms with E-state index in [4.69, 9.17) is 13.9 Å². The molecule has 29 heavy (non-hydrogen) atoms. The quantitative estimate of drug-likeness (QED) is 0.569. The van der Waals surface area contributed by atoms with Gasteiger partial charge in [0.2, 0.25) is 0 Å². The summed E-state index contributed by atoms with van der Waals surface area (Å²) in [6.45, 7) is 2.86.